The highest BCUT2D eigenvalue weighted by Crippen LogP contribution is 2.40. The van der Waals surface area contributed by atoms with E-state index in [1.807, 2.05) is 0 Å². The minimum absolute atomic E-state index is 0.136. The van der Waals surface area contributed by atoms with Crippen molar-refractivity contribution in [3.05, 3.63) is 22.7 Å². The largest absolute Gasteiger partial charge is 0.433 e. The number of halogens is 4. The maximum atomic E-state index is 12.3. The van der Waals surface area contributed by atoms with Crippen LogP contribution in [0.2, 0.25) is 5.28 Å². The van der Waals surface area contributed by atoms with E-state index in [0.29, 0.717) is 5.69 Å². The van der Waals surface area contributed by atoms with Gasteiger partial charge >= 0.3 is 6.18 Å². The van der Waals surface area contributed by atoms with Gasteiger partial charge in [-0.15, -0.1) is 0 Å². The van der Waals surface area contributed by atoms with Crippen molar-refractivity contribution in [3.63, 3.8) is 0 Å². The van der Waals surface area contributed by atoms with Crippen LogP contribution in [0.1, 0.15) is 30.1 Å². The average Bonchev–Trinajstić information content (AvgIpc) is 2.83. The van der Waals surface area contributed by atoms with E-state index in [-0.39, 0.29) is 11.2 Å². The van der Waals surface area contributed by atoms with Crippen LogP contribution in [-0.2, 0) is 6.18 Å². The van der Waals surface area contributed by atoms with Crippen molar-refractivity contribution in [2.45, 2.75) is 24.9 Å². The van der Waals surface area contributed by atoms with Gasteiger partial charge in [-0.1, -0.05) is 0 Å². The molecule has 0 N–H and O–H groups in total. The number of aromatic nitrogens is 2. The molecule has 76 valence electrons. The fourth-order valence-electron chi connectivity index (χ4n) is 1.17. The predicted molar refractivity (Wildman–Crippen MR) is 44.0 cm³/mol. The smallest absolute Gasteiger partial charge is 0.223 e. The summed E-state index contributed by atoms with van der Waals surface area (Å²) in [5.41, 5.74) is -0.559. The minimum Gasteiger partial charge on any atom is -0.223 e. The highest BCUT2D eigenvalue weighted by Gasteiger charge is 2.35. The Morgan fingerprint density at radius 3 is 2.43 bits per heavy atom. The molecular formula is C8H6ClF3N2. The van der Waals surface area contributed by atoms with Crippen molar-refractivity contribution in [1.29, 1.82) is 0 Å². The Labute approximate surface area is 83.1 Å². The Morgan fingerprint density at radius 2 is 1.93 bits per heavy atom. The lowest BCUT2D eigenvalue weighted by molar-refractivity contribution is -0.141. The van der Waals surface area contributed by atoms with Crippen LogP contribution in [0.15, 0.2) is 6.07 Å². The molecule has 0 aliphatic heterocycles. The highest BCUT2D eigenvalue weighted by molar-refractivity contribution is 6.28. The van der Waals surface area contributed by atoms with Crippen LogP contribution >= 0.6 is 11.6 Å². The third kappa shape index (κ3) is 1.97. The van der Waals surface area contributed by atoms with E-state index in [1.54, 1.807) is 0 Å². The van der Waals surface area contributed by atoms with Crippen molar-refractivity contribution in [2.75, 3.05) is 0 Å². The van der Waals surface area contributed by atoms with Gasteiger partial charge in [-0.2, -0.15) is 13.2 Å². The topological polar surface area (TPSA) is 25.8 Å². The van der Waals surface area contributed by atoms with E-state index >= 15 is 0 Å². The summed E-state index contributed by atoms with van der Waals surface area (Å²) < 4.78 is 36.8. The lowest BCUT2D eigenvalue weighted by atomic mass is 10.2. The zero-order valence-corrected chi connectivity index (χ0v) is 7.73. The van der Waals surface area contributed by atoms with Gasteiger partial charge in [-0.3, -0.25) is 0 Å². The molecule has 0 spiro atoms. The number of alkyl halides is 3. The Hall–Kier alpha value is -0.840. The molecule has 2 rings (SSSR count). The summed E-state index contributed by atoms with van der Waals surface area (Å²) in [5.74, 6) is 0.136. The Bertz CT molecular complexity index is 360. The van der Waals surface area contributed by atoms with E-state index in [9.17, 15) is 13.2 Å². The molecule has 1 heterocycles. The average molecular weight is 223 g/mol. The number of nitrogens with zero attached hydrogens (tertiary/aromatic N) is 2. The normalized spacial score (nSPS) is 17.1. The first kappa shape index (κ1) is 9.71. The quantitative estimate of drug-likeness (QED) is 0.683. The first-order chi connectivity index (χ1) is 6.47. The summed E-state index contributed by atoms with van der Waals surface area (Å²) >= 11 is 5.41. The molecule has 0 radical (unpaired) electrons. The number of hydrogen-bond donors (Lipinski definition) is 0. The van der Waals surface area contributed by atoms with Crippen molar-refractivity contribution in [1.82, 2.24) is 9.97 Å². The molecule has 0 saturated heterocycles. The van der Waals surface area contributed by atoms with Gasteiger partial charge in [0.1, 0.15) is 5.69 Å². The molecule has 1 aliphatic rings. The molecule has 14 heavy (non-hydrogen) atoms. The zero-order chi connectivity index (χ0) is 10.3. The van der Waals surface area contributed by atoms with Gasteiger partial charge in [0.2, 0.25) is 5.28 Å². The van der Waals surface area contributed by atoms with E-state index in [4.69, 9.17) is 11.6 Å². The first-order valence-electron chi connectivity index (χ1n) is 4.08. The van der Waals surface area contributed by atoms with Gasteiger partial charge in [0, 0.05) is 11.6 Å². The Kier molecular flexibility index (Phi) is 2.14. The second kappa shape index (κ2) is 3.08. The maximum Gasteiger partial charge on any atom is 0.433 e. The van der Waals surface area contributed by atoms with Gasteiger partial charge in [0.05, 0.1) is 0 Å². The standard InChI is InChI=1S/C8H6ClF3N2/c9-7-13-5(4-1-2-4)3-6(14-7)8(10,11)12/h3-4H,1-2H2. The fraction of sp³-hybridized carbons (Fsp3) is 0.500. The summed E-state index contributed by atoms with van der Waals surface area (Å²) in [4.78, 5) is 6.91. The van der Waals surface area contributed by atoms with Gasteiger partial charge in [0.15, 0.2) is 0 Å². The van der Waals surface area contributed by atoms with Crippen LogP contribution in [0.5, 0.6) is 0 Å². The van der Waals surface area contributed by atoms with Crippen LogP contribution in [0.3, 0.4) is 0 Å². The molecule has 0 unspecified atom stereocenters. The minimum atomic E-state index is -4.45. The third-order valence-electron chi connectivity index (χ3n) is 2.00. The fourth-order valence-corrected chi connectivity index (χ4v) is 1.36. The van der Waals surface area contributed by atoms with Gasteiger partial charge in [-0.05, 0) is 30.5 Å². The van der Waals surface area contributed by atoms with Crippen molar-refractivity contribution < 1.29 is 13.2 Å². The summed E-state index contributed by atoms with van der Waals surface area (Å²) in [6, 6.07) is 0.976. The van der Waals surface area contributed by atoms with E-state index in [1.165, 1.54) is 0 Å². The third-order valence-corrected chi connectivity index (χ3v) is 2.17. The van der Waals surface area contributed by atoms with Gasteiger partial charge in [-0.25, -0.2) is 9.97 Å². The van der Waals surface area contributed by atoms with E-state index in [2.05, 4.69) is 9.97 Å². The van der Waals surface area contributed by atoms with Crippen LogP contribution < -0.4 is 0 Å². The number of rotatable bonds is 1. The molecule has 2 nitrogen and oxygen atoms in total. The number of hydrogen-bond acceptors (Lipinski definition) is 2. The van der Waals surface area contributed by atoms with Crippen molar-refractivity contribution >= 4 is 11.6 Å². The second-order valence-corrected chi connectivity index (χ2v) is 3.56. The summed E-state index contributed by atoms with van der Waals surface area (Å²) in [7, 11) is 0. The summed E-state index contributed by atoms with van der Waals surface area (Å²) in [6.45, 7) is 0. The maximum absolute atomic E-state index is 12.3. The SMILES string of the molecule is FC(F)(F)c1cc(C2CC2)nc(Cl)n1. The monoisotopic (exact) mass is 222 g/mol. The molecule has 1 fully saturated rings. The van der Waals surface area contributed by atoms with Crippen molar-refractivity contribution in [2.24, 2.45) is 0 Å². The molecule has 6 heteroatoms. The van der Waals surface area contributed by atoms with E-state index < -0.39 is 11.9 Å². The molecule has 1 aliphatic carbocycles. The molecule has 0 atom stereocenters. The lowest BCUT2D eigenvalue weighted by Crippen LogP contribution is -2.09. The Morgan fingerprint density at radius 1 is 1.29 bits per heavy atom. The predicted octanol–water partition coefficient (Wildman–Crippen LogP) is 3.03. The first-order valence-corrected chi connectivity index (χ1v) is 4.46. The van der Waals surface area contributed by atoms with Crippen LogP contribution in [0.4, 0.5) is 13.2 Å². The molecule has 0 amide bonds. The lowest BCUT2D eigenvalue weighted by Gasteiger charge is -2.07. The van der Waals surface area contributed by atoms with E-state index in [0.717, 1.165) is 18.9 Å². The van der Waals surface area contributed by atoms with Crippen molar-refractivity contribution in [3.8, 4) is 0 Å². The van der Waals surface area contributed by atoms with Crippen LogP contribution in [0, 0.1) is 0 Å². The molecule has 0 aromatic carbocycles. The molecule has 1 aromatic rings. The van der Waals surface area contributed by atoms with Crippen LogP contribution in [0.25, 0.3) is 0 Å². The van der Waals surface area contributed by atoms with Gasteiger partial charge < -0.3 is 0 Å². The van der Waals surface area contributed by atoms with Gasteiger partial charge in [0.25, 0.3) is 0 Å². The second-order valence-electron chi connectivity index (χ2n) is 3.22. The highest BCUT2D eigenvalue weighted by atomic mass is 35.5. The molecule has 0 bridgehead atoms. The molecule has 1 aromatic heterocycles. The summed E-state index contributed by atoms with van der Waals surface area (Å²) in [6.07, 6.45) is -2.69. The molecular weight excluding hydrogens is 217 g/mol. The zero-order valence-electron chi connectivity index (χ0n) is 6.98. The molecule has 1 saturated carbocycles. The summed E-state index contributed by atoms with van der Waals surface area (Å²) in [5, 5.41) is -0.332. The Balaban J connectivity index is 2.41. The van der Waals surface area contributed by atoms with Crippen LogP contribution in [-0.4, -0.2) is 9.97 Å².